The molecule has 0 saturated carbocycles. The molecule has 13 heavy (non-hydrogen) atoms. The van der Waals surface area contributed by atoms with Crippen molar-refractivity contribution in [3.63, 3.8) is 0 Å². The first-order chi connectivity index (χ1) is 6.20. The Labute approximate surface area is 78.3 Å². The molecule has 0 rings (SSSR count). The lowest BCUT2D eigenvalue weighted by atomic mass is 10.2. The molecule has 0 heterocycles. The van der Waals surface area contributed by atoms with Crippen molar-refractivity contribution in [1.29, 1.82) is 5.41 Å². The molecule has 0 spiro atoms. The van der Waals surface area contributed by atoms with E-state index in [9.17, 15) is 4.79 Å². The molecule has 2 N–H and O–H groups in total. The first kappa shape index (κ1) is 11.6. The summed E-state index contributed by atoms with van der Waals surface area (Å²) in [6.45, 7) is 4.00. The number of hydrogen-bond donors (Lipinski definition) is 2. The van der Waals surface area contributed by atoms with Crippen molar-refractivity contribution in [3.8, 4) is 0 Å². The highest BCUT2D eigenvalue weighted by Gasteiger charge is 1.93. The average Bonchev–Trinajstić information content (AvgIpc) is 2.10. The highest BCUT2D eigenvalue weighted by molar-refractivity contribution is 5.84. The van der Waals surface area contributed by atoms with Crippen LogP contribution < -0.4 is 5.32 Å². The smallest absolute Gasteiger partial charge is 0.216 e. The van der Waals surface area contributed by atoms with Crippen LogP contribution in [0.25, 0.3) is 0 Å². The fourth-order valence-electron chi connectivity index (χ4n) is 0.799. The Hall–Kier alpha value is -1.45. The zero-order valence-electron chi connectivity index (χ0n) is 8.00. The molecule has 0 saturated heterocycles. The fourth-order valence-corrected chi connectivity index (χ4v) is 0.799. The quantitative estimate of drug-likeness (QED) is 0.484. The maximum absolute atomic E-state index is 10.5. The van der Waals surface area contributed by atoms with Crippen molar-refractivity contribution in [2.75, 3.05) is 6.54 Å². The number of hydrogen-bond acceptors (Lipinski definition) is 2. The number of nitrogens with zero attached hydrogens (tertiary/aromatic N) is 1. The van der Waals surface area contributed by atoms with Crippen molar-refractivity contribution in [3.05, 3.63) is 11.6 Å². The number of aliphatic imine (C=N–C) groups is 1. The molecular formula is C9H15N3O. The molecule has 0 aliphatic rings. The fraction of sp³-hybridized carbons (Fsp3) is 0.444. The summed E-state index contributed by atoms with van der Waals surface area (Å²) in [7, 11) is 0. The lowest BCUT2D eigenvalue weighted by Crippen LogP contribution is -2.21. The molecule has 1 amide bonds. The Morgan fingerprint density at radius 2 is 2.31 bits per heavy atom. The molecule has 0 aromatic rings. The van der Waals surface area contributed by atoms with E-state index in [4.69, 9.17) is 5.41 Å². The molecule has 0 aromatic heterocycles. The normalized spacial score (nSPS) is 11.7. The van der Waals surface area contributed by atoms with Crippen molar-refractivity contribution < 1.29 is 4.79 Å². The third-order valence-electron chi connectivity index (χ3n) is 1.47. The summed E-state index contributed by atoms with van der Waals surface area (Å²) in [5, 5.41) is 9.38. The van der Waals surface area contributed by atoms with Crippen LogP contribution in [0.3, 0.4) is 0 Å². The Bertz CT molecular complexity index is 231. The largest absolute Gasteiger partial charge is 0.356 e. The van der Waals surface area contributed by atoms with E-state index in [1.54, 1.807) is 6.21 Å². The first-order valence-corrected chi connectivity index (χ1v) is 4.12. The van der Waals surface area contributed by atoms with Gasteiger partial charge in [0.25, 0.3) is 0 Å². The van der Waals surface area contributed by atoms with Crippen LogP contribution in [0.5, 0.6) is 0 Å². The zero-order valence-corrected chi connectivity index (χ0v) is 8.00. The van der Waals surface area contributed by atoms with Gasteiger partial charge in [-0.05, 0) is 18.9 Å². The number of carbonyl (C=O) groups is 1. The van der Waals surface area contributed by atoms with Crippen LogP contribution in [0.4, 0.5) is 0 Å². The molecule has 4 nitrogen and oxygen atoms in total. The third kappa shape index (κ3) is 6.93. The molecule has 0 bridgehead atoms. The molecule has 0 atom stereocenters. The minimum Gasteiger partial charge on any atom is -0.356 e. The molecule has 0 aromatic carbocycles. The molecule has 0 radical (unpaired) electrons. The molecule has 72 valence electrons. The van der Waals surface area contributed by atoms with E-state index in [0.29, 0.717) is 6.54 Å². The van der Waals surface area contributed by atoms with E-state index in [1.165, 1.54) is 6.92 Å². The number of rotatable bonds is 5. The predicted octanol–water partition coefficient (Wildman–Crippen LogP) is 1.14. The van der Waals surface area contributed by atoms with Gasteiger partial charge >= 0.3 is 0 Å². The van der Waals surface area contributed by atoms with E-state index in [2.05, 4.69) is 10.3 Å². The number of carbonyl (C=O) groups excluding carboxylic acids is 1. The van der Waals surface area contributed by atoms with Gasteiger partial charge < -0.3 is 5.32 Å². The second-order valence-corrected chi connectivity index (χ2v) is 2.50. The van der Waals surface area contributed by atoms with Crippen molar-refractivity contribution in [1.82, 2.24) is 5.32 Å². The van der Waals surface area contributed by atoms with Gasteiger partial charge in [0.05, 0.1) is 0 Å². The Morgan fingerprint density at radius 1 is 1.62 bits per heavy atom. The summed E-state index contributed by atoms with van der Waals surface area (Å²) >= 11 is 0. The summed E-state index contributed by atoms with van der Waals surface area (Å²) in [5.74, 6) is -0.0283. The number of nitrogens with one attached hydrogen (secondary N) is 2. The van der Waals surface area contributed by atoms with Gasteiger partial charge in [0, 0.05) is 19.7 Å². The second kappa shape index (κ2) is 7.21. The highest BCUT2D eigenvalue weighted by Crippen LogP contribution is 1.95. The molecule has 4 heteroatoms. The molecule has 0 unspecified atom stereocenters. The number of amides is 1. The lowest BCUT2D eigenvalue weighted by molar-refractivity contribution is -0.118. The predicted molar refractivity (Wildman–Crippen MR) is 54.3 cm³/mol. The summed E-state index contributed by atoms with van der Waals surface area (Å²) in [5.41, 5.74) is 1.01. The molecule has 0 aliphatic heterocycles. The van der Waals surface area contributed by atoms with Crippen LogP contribution in [-0.4, -0.2) is 25.0 Å². The summed E-state index contributed by atoms with van der Waals surface area (Å²) < 4.78 is 0. The van der Waals surface area contributed by atoms with E-state index in [1.807, 2.05) is 13.0 Å². The van der Waals surface area contributed by atoms with Gasteiger partial charge in [-0.2, -0.15) is 0 Å². The zero-order chi connectivity index (χ0) is 10.1. The van der Waals surface area contributed by atoms with Gasteiger partial charge in [-0.25, -0.2) is 4.99 Å². The van der Waals surface area contributed by atoms with E-state index >= 15 is 0 Å². The van der Waals surface area contributed by atoms with Gasteiger partial charge in [-0.1, -0.05) is 6.08 Å². The van der Waals surface area contributed by atoms with Crippen molar-refractivity contribution in [2.45, 2.75) is 20.3 Å². The first-order valence-electron chi connectivity index (χ1n) is 4.12. The van der Waals surface area contributed by atoms with Crippen molar-refractivity contribution >= 4 is 18.5 Å². The summed E-state index contributed by atoms with van der Waals surface area (Å²) in [6, 6.07) is 0. The standard InChI is InChI=1S/C9H15N3O/c1-3-9(6-11-7-10)4-5-12-8(2)13/h3,6-7,10H,4-5H2,1-2H3,(H,12,13)/b9-3-,10-7?,11-6?. The van der Waals surface area contributed by atoms with Gasteiger partial charge in [0.2, 0.25) is 5.91 Å². The topological polar surface area (TPSA) is 65.3 Å². The number of allylic oxidation sites excluding steroid dienone is 1. The molecule has 0 fully saturated rings. The van der Waals surface area contributed by atoms with Gasteiger partial charge in [0.15, 0.2) is 0 Å². The second-order valence-electron chi connectivity index (χ2n) is 2.50. The van der Waals surface area contributed by atoms with Crippen LogP contribution in [0.1, 0.15) is 20.3 Å². The summed E-state index contributed by atoms with van der Waals surface area (Å²) in [6.07, 6.45) is 5.26. The maximum Gasteiger partial charge on any atom is 0.216 e. The monoisotopic (exact) mass is 181 g/mol. The van der Waals surface area contributed by atoms with Crippen LogP contribution >= 0.6 is 0 Å². The van der Waals surface area contributed by atoms with Gasteiger partial charge in [0.1, 0.15) is 6.34 Å². The summed E-state index contributed by atoms with van der Waals surface area (Å²) in [4.78, 5) is 14.2. The SMILES string of the molecule is C/C=C(\C=NC=N)CCNC(C)=O. The van der Waals surface area contributed by atoms with Gasteiger partial charge in [-0.15, -0.1) is 0 Å². The van der Waals surface area contributed by atoms with Crippen LogP contribution in [0.2, 0.25) is 0 Å². The van der Waals surface area contributed by atoms with Crippen LogP contribution in [0, 0.1) is 5.41 Å². The average molecular weight is 181 g/mol. The Kier molecular flexibility index (Phi) is 6.41. The van der Waals surface area contributed by atoms with Crippen molar-refractivity contribution in [2.24, 2.45) is 4.99 Å². The third-order valence-corrected chi connectivity index (χ3v) is 1.47. The van der Waals surface area contributed by atoms with Gasteiger partial charge in [-0.3, -0.25) is 10.2 Å². The van der Waals surface area contributed by atoms with Crippen LogP contribution in [-0.2, 0) is 4.79 Å². The minimum atomic E-state index is -0.0283. The highest BCUT2D eigenvalue weighted by atomic mass is 16.1. The van der Waals surface area contributed by atoms with E-state index in [-0.39, 0.29) is 5.91 Å². The minimum absolute atomic E-state index is 0.0283. The lowest BCUT2D eigenvalue weighted by Gasteiger charge is -2.01. The molecule has 0 aliphatic carbocycles. The van der Waals surface area contributed by atoms with E-state index in [0.717, 1.165) is 18.3 Å². The maximum atomic E-state index is 10.5. The molecular weight excluding hydrogens is 166 g/mol. The van der Waals surface area contributed by atoms with E-state index < -0.39 is 0 Å². The van der Waals surface area contributed by atoms with Crippen LogP contribution in [0.15, 0.2) is 16.6 Å². The Morgan fingerprint density at radius 3 is 2.77 bits per heavy atom. The Balaban J connectivity index is 3.80.